The predicted octanol–water partition coefficient (Wildman–Crippen LogP) is 0.242. The minimum Gasteiger partial charge on any atom is -0.346 e. The van der Waals surface area contributed by atoms with Gasteiger partial charge in [-0.1, -0.05) is 5.16 Å². The zero-order valence-corrected chi connectivity index (χ0v) is 9.56. The minimum atomic E-state index is -0.248. The van der Waals surface area contributed by atoms with Crippen molar-refractivity contribution >= 4 is 5.91 Å². The van der Waals surface area contributed by atoms with Crippen molar-refractivity contribution in [3.8, 4) is 0 Å². The second kappa shape index (κ2) is 4.10. The van der Waals surface area contributed by atoms with Gasteiger partial charge in [0.1, 0.15) is 0 Å². The molecule has 0 aromatic carbocycles. The van der Waals surface area contributed by atoms with Crippen LogP contribution in [-0.4, -0.2) is 28.1 Å². The lowest BCUT2D eigenvalue weighted by molar-refractivity contribution is 0.0937. The van der Waals surface area contributed by atoms with Gasteiger partial charge in [-0.05, 0) is 31.6 Å². The van der Waals surface area contributed by atoms with E-state index in [1.807, 2.05) is 0 Å². The van der Waals surface area contributed by atoms with Crippen molar-refractivity contribution in [2.24, 2.45) is 11.7 Å². The Labute approximate surface area is 98.9 Å². The highest BCUT2D eigenvalue weighted by atomic mass is 16.5. The van der Waals surface area contributed by atoms with Gasteiger partial charge in [0.2, 0.25) is 5.89 Å². The summed E-state index contributed by atoms with van der Waals surface area (Å²) in [6.45, 7) is 0. The lowest BCUT2D eigenvalue weighted by Gasteiger charge is -2.04. The molecule has 0 aliphatic heterocycles. The third-order valence-corrected chi connectivity index (χ3v) is 3.22. The molecule has 3 N–H and O–H groups in total. The predicted molar refractivity (Wildman–Crippen MR) is 59.2 cm³/mol. The average Bonchev–Trinajstić information content (AvgIpc) is 3.19. The zero-order chi connectivity index (χ0) is 11.8. The summed E-state index contributed by atoms with van der Waals surface area (Å²) in [7, 11) is 0. The first-order chi connectivity index (χ1) is 8.22. The molecule has 1 aromatic rings. The van der Waals surface area contributed by atoms with Crippen molar-refractivity contribution in [2.45, 2.75) is 44.2 Å². The molecule has 0 spiro atoms. The smallest absolute Gasteiger partial charge is 0.292 e. The van der Waals surface area contributed by atoms with Crippen LogP contribution in [0.4, 0.5) is 0 Å². The van der Waals surface area contributed by atoms with Crippen LogP contribution in [0.5, 0.6) is 0 Å². The molecule has 6 heteroatoms. The number of rotatable bonds is 5. The van der Waals surface area contributed by atoms with Gasteiger partial charge in [0, 0.05) is 18.5 Å². The van der Waals surface area contributed by atoms with E-state index in [-0.39, 0.29) is 17.8 Å². The molecular weight excluding hydrogens is 220 g/mol. The van der Waals surface area contributed by atoms with Gasteiger partial charge >= 0.3 is 0 Å². The van der Waals surface area contributed by atoms with Crippen molar-refractivity contribution in [3.05, 3.63) is 11.7 Å². The highest BCUT2D eigenvalue weighted by Gasteiger charge is 2.30. The van der Waals surface area contributed by atoms with Crippen LogP contribution < -0.4 is 11.1 Å². The number of amides is 1. The molecule has 1 unspecified atom stereocenters. The van der Waals surface area contributed by atoms with E-state index in [4.69, 9.17) is 10.3 Å². The van der Waals surface area contributed by atoms with Crippen molar-refractivity contribution in [1.29, 1.82) is 0 Å². The van der Waals surface area contributed by atoms with E-state index in [0.29, 0.717) is 24.3 Å². The van der Waals surface area contributed by atoms with Gasteiger partial charge < -0.3 is 15.6 Å². The summed E-state index contributed by atoms with van der Waals surface area (Å²) in [5.74, 6) is 0.924. The van der Waals surface area contributed by atoms with Crippen LogP contribution >= 0.6 is 0 Å². The molecule has 1 atom stereocenters. The quantitative estimate of drug-likeness (QED) is 0.763. The van der Waals surface area contributed by atoms with E-state index in [2.05, 4.69) is 15.5 Å². The third-order valence-electron chi connectivity index (χ3n) is 3.22. The maximum Gasteiger partial charge on any atom is 0.292 e. The topological polar surface area (TPSA) is 94.0 Å². The highest BCUT2D eigenvalue weighted by Crippen LogP contribution is 2.32. The summed E-state index contributed by atoms with van der Waals surface area (Å²) in [5.41, 5.74) is 5.96. The van der Waals surface area contributed by atoms with Crippen molar-refractivity contribution in [1.82, 2.24) is 15.5 Å². The Morgan fingerprint density at radius 3 is 2.88 bits per heavy atom. The fraction of sp³-hybridized carbons (Fsp3) is 0.727. The highest BCUT2D eigenvalue weighted by molar-refractivity contribution is 5.90. The number of nitrogens with two attached hydrogens (primary N) is 1. The minimum absolute atomic E-state index is 0.0785. The maximum atomic E-state index is 11.6. The first kappa shape index (κ1) is 10.7. The van der Waals surface area contributed by atoms with Crippen LogP contribution in [0.3, 0.4) is 0 Å². The lowest BCUT2D eigenvalue weighted by Crippen LogP contribution is -2.27. The van der Waals surface area contributed by atoms with Gasteiger partial charge in [0.25, 0.3) is 11.7 Å². The van der Waals surface area contributed by atoms with E-state index >= 15 is 0 Å². The standard InChI is InChI=1S/C11H16N4O2/c12-8(6-1-2-6)5-9-14-10(15-17-9)11(16)13-7-3-4-7/h6-8H,1-5,12H2,(H,13,16). The molecular formula is C11H16N4O2. The Morgan fingerprint density at radius 1 is 1.47 bits per heavy atom. The third kappa shape index (κ3) is 2.63. The molecule has 17 heavy (non-hydrogen) atoms. The Morgan fingerprint density at radius 2 is 2.24 bits per heavy atom. The summed E-state index contributed by atoms with van der Waals surface area (Å²) in [6.07, 6.45) is 5.02. The van der Waals surface area contributed by atoms with Gasteiger partial charge in [-0.3, -0.25) is 4.79 Å². The van der Waals surface area contributed by atoms with Crippen LogP contribution in [0.1, 0.15) is 42.2 Å². The Kier molecular flexibility index (Phi) is 2.58. The molecule has 0 radical (unpaired) electrons. The van der Waals surface area contributed by atoms with Crippen LogP contribution in [0.2, 0.25) is 0 Å². The molecule has 2 fully saturated rings. The molecule has 1 amide bonds. The molecule has 92 valence electrons. The van der Waals surface area contributed by atoms with E-state index in [0.717, 1.165) is 12.8 Å². The van der Waals surface area contributed by atoms with Crippen molar-refractivity contribution in [3.63, 3.8) is 0 Å². The lowest BCUT2D eigenvalue weighted by atomic mass is 10.1. The Balaban J connectivity index is 1.58. The number of aromatic nitrogens is 2. The molecule has 1 aromatic heterocycles. The van der Waals surface area contributed by atoms with Crippen LogP contribution in [0.25, 0.3) is 0 Å². The number of carbonyl (C=O) groups excluding carboxylic acids is 1. The number of hydrogen-bond donors (Lipinski definition) is 2. The Bertz CT molecular complexity index is 423. The average molecular weight is 236 g/mol. The zero-order valence-electron chi connectivity index (χ0n) is 9.56. The molecule has 6 nitrogen and oxygen atoms in total. The van der Waals surface area contributed by atoms with E-state index in [9.17, 15) is 4.79 Å². The molecule has 2 aliphatic carbocycles. The van der Waals surface area contributed by atoms with Crippen LogP contribution in [0, 0.1) is 5.92 Å². The van der Waals surface area contributed by atoms with Crippen molar-refractivity contribution < 1.29 is 9.32 Å². The number of carbonyl (C=O) groups is 1. The number of nitrogens with zero attached hydrogens (tertiary/aromatic N) is 2. The monoisotopic (exact) mass is 236 g/mol. The summed E-state index contributed by atoms with van der Waals surface area (Å²) < 4.78 is 5.03. The summed E-state index contributed by atoms with van der Waals surface area (Å²) in [6, 6.07) is 0.382. The van der Waals surface area contributed by atoms with Crippen LogP contribution in [0.15, 0.2) is 4.52 Å². The molecule has 0 bridgehead atoms. The maximum absolute atomic E-state index is 11.6. The first-order valence-electron chi connectivity index (χ1n) is 6.11. The number of nitrogens with one attached hydrogen (secondary N) is 1. The molecule has 1 heterocycles. The van der Waals surface area contributed by atoms with E-state index in [1.165, 1.54) is 12.8 Å². The van der Waals surface area contributed by atoms with Gasteiger partial charge in [-0.25, -0.2) is 0 Å². The summed E-state index contributed by atoms with van der Waals surface area (Å²) in [4.78, 5) is 15.7. The molecule has 2 saturated carbocycles. The molecule has 2 aliphatic rings. The van der Waals surface area contributed by atoms with Gasteiger partial charge in [-0.2, -0.15) is 4.98 Å². The first-order valence-corrected chi connectivity index (χ1v) is 6.11. The second-order valence-electron chi connectivity index (χ2n) is 4.96. The second-order valence-corrected chi connectivity index (χ2v) is 4.96. The van der Waals surface area contributed by atoms with E-state index in [1.54, 1.807) is 0 Å². The van der Waals surface area contributed by atoms with Gasteiger partial charge in [0.15, 0.2) is 0 Å². The van der Waals surface area contributed by atoms with Gasteiger partial charge in [0.05, 0.1) is 0 Å². The number of hydrogen-bond acceptors (Lipinski definition) is 5. The molecule has 0 saturated heterocycles. The van der Waals surface area contributed by atoms with Gasteiger partial charge in [-0.15, -0.1) is 0 Å². The largest absolute Gasteiger partial charge is 0.346 e. The molecule has 3 rings (SSSR count). The fourth-order valence-electron chi connectivity index (χ4n) is 1.80. The summed E-state index contributed by atoms with van der Waals surface area (Å²) >= 11 is 0. The van der Waals surface area contributed by atoms with Crippen molar-refractivity contribution in [2.75, 3.05) is 0 Å². The Hall–Kier alpha value is -1.43. The van der Waals surface area contributed by atoms with Crippen LogP contribution in [-0.2, 0) is 6.42 Å². The SMILES string of the molecule is NC(Cc1nc(C(=O)NC2CC2)no1)C1CC1. The summed E-state index contributed by atoms with van der Waals surface area (Å²) in [5, 5.41) is 6.49. The van der Waals surface area contributed by atoms with E-state index < -0.39 is 0 Å². The normalized spacial score (nSPS) is 21.2. The fourth-order valence-corrected chi connectivity index (χ4v) is 1.80.